The highest BCUT2D eigenvalue weighted by Gasteiger charge is 2.25. The maximum absolute atomic E-state index is 5.98. The molecule has 2 aromatic carbocycles. The smallest absolute Gasteiger partial charge is 0.264 e. The van der Waals surface area contributed by atoms with E-state index in [1.807, 2.05) is 42.5 Å². The molecule has 1 saturated heterocycles. The SMILES string of the molecule is CN1CCNCC1c1noc(COc2ccccc2-c2ccccc2)n1.Cl. The van der Waals surface area contributed by atoms with E-state index in [0.29, 0.717) is 11.7 Å². The van der Waals surface area contributed by atoms with Crippen LogP contribution in [0, 0.1) is 0 Å². The minimum Gasteiger partial charge on any atom is -0.483 e. The van der Waals surface area contributed by atoms with E-state index in [2.05, 4.69) is 39.5 Å². The number of nitrogens with one attached hydrogen (secondary N) is 1. The fraction of sp³-hybridized carbons (Fsp3) is 0.300. The molecule has 1 aliphatic heterocycles. The third kappa shape index (κ3) is 4.47. The van der Waals surface area contributed by atoms with E-state index >= 15 is 0 Å². The molecule has 0 spiro atoms. The molecule has 3 aromatic rings. The van der Waals surface area contributed by atoms with Crippen LogP contribution in [0.2, 0.25) is 0 Å². The molecule has 1 atom stereocenters. The first-order valence-corrected chi connectivity index (χ1v) is 8.82. The van der Waals surface area contributed by atoms with Crippen molar-refractivity contribution in [3.8, 4) is 16.9 Å². The molecule has 0 saturated carbocycles. The summed E-state index contributed by atoms with van der Waals surface area (Å²) in [5, 5.41) is 7.50. The summed E-state index contributed by atoms with van der Waals surface area (Å²) in [5.41, 5.74) is 2.16. The van der Waals surface area contributed by atoms with Gasteiger partial charge in [0.2, 0.25) is 0 Å². The summed E-state index contributed by atoms with van der Waals surface area (Å²) >= 11 is 0. The van der Waals surface area contributed by atoms with Crippen LogP contribution in [0.15, 0.2) is 59.1 Å². The second-order valence-electron chi connectivity index (χ2n) is 6.40. The molecule has 1 unspecified atom stereocenters. The van der Waals surface area contributed by atoms with Crippen LogP contribution in [0.5, 0.6) is 5.75 Å². The molecular formula is C20H23ClN4O2. The molecule has 4 rings (SSSR count). The molecule has 1 fully saturated rings. The lowest BCUT2D eigenvalue weighted by Crippen LogP contribution is -2.44. The maximum Gasteiger partial charge on any atom is 0.264 e. The van der Waals surface area contributed by atoms with E-state index in [0.717, 1.165) is 36.5 Å². The molecule has 0 radical (unpaired) electrons. The lowest BCUT2D eigenvalue weighted by molar-refractivity contribution is 0.189. The molecule has 1 N–H and O–H groups in total. The summed E-state index contributed by atoms with van der Waals surface area (Å²) in [6, 6.07) is 18.3. The van der Waals surface area contributed by atoms with E-state index < -0.39 is 0 Å². The lowest BCUT2D eigenvalue weighted by atomic mass is 10.1. The summed E-state index contributed by atoms with van der Waals surface area (Å²) < 4.78 is 11.4. The first-order chi connectivity index (χ1) is 12.8. The molecule has 6 nitrogen and oxygen atoms in total. The second kappa shape index (κ2) is 8.99. The molecule has 2 heterocycles. The number of rotatable bonds is 5. The number of likely N-dealkylation sites (N-methyl/N-ethyl adjacent to an activating group) is 1. The highest BCUT2D eigenvalue weighted by Crippen LogP contribution is 2.30. The van der Waals surface area contributed by atoms with Gasteiger partial charge in [-0.2, -0.15) is 4.98 Å². The van der Waals surface area contributed by atoms with Crippen LogP contribution in [0.25, 0.3) is 11.1 Å². The van der Waals surface area contributed by atoms with Crippen LogP contribution in [0.3, 0.4) is 0 Å². The van der Waals surface area contributed by atoms with Gasteiger partial charge in [0.05, 0.1) is 6.04 Å². The molecule has 27 heavy (non-hydrogen) atoms. The first kappa shape index (κ1) is 19.4. The topological polar surface area (TPSA) is 63.4 Å². The van der Waals surface area contributed by atoms with Crippen molar-refractivity contribution in [2.45, 2.75) is 12.6 Å². The molecule has 1 aromatic heterocycles. The Morgan fingerprint density at radius 3 is 2.74 bits per heavy atom. The molecule has 1 aliphatic rings. The van der Waals surface area contributed by atoms with Crippen LogP contribution in [-0.4, -0.2) is 41.7 Å². The van der Waals surface area contributed by atoms with Gasteiger partial charge in [-0.15, -0.1) is 12.4 Å². The fourth-order valence-electron chi connectivity index (χ4n) is 3.14. The van der Waals surface area contributed by atoms with Gasteiger partial charge in [-0.3, -0.25) is 4.90 Å². The van der Waals surface area contributed by atoms with Gasteiger partial charge >= 0.3 is 0 Å². The zero-order valence-electron chi connectivity index (χ0n) is 15.2. The van der Waals surface area contributed by atoms with Crippen LogP contribution >= 0.6 is 12.4 Å². The summed E-state index contributed by atoms with van der Waals surface area (Å²) in [7, 11) is 2.08. The van der Waals surface area contributed by atoms with Crippen molar-refractivity contribution in [3.63, 3.8) is 0 Å². The zero-order chi connectivity index (χ0) is 17.8. The predicted molar refractivity (Wildman–Crippen MR) is 106 cm³/mol. The predicted octanol–water partition coefficient (Wildman–Crippen LogP) is 3.31. The molecule has 0 bridgehead atoms. The molecule has 142 valence electrons. The lowest BCUT2D eigenvalue weighted by Gasteiger charge is -2.30. The molecule has 0 aliphatic carbocycles. The fourth-order valence-corrected chi connectivity index (χ4v) is 3.14. The third-order valence-corrected chi connectivity index (χ3v) is 4.62. The standard InChI is InChI=1S/C20H22N4O2.ClH/c1-24-12-11-21-13-17(24)20-22-19(26-23-20)14-25-18-10-6-5-9-16(18)15-7-3-2-4-8-15;/h2-10,17,21H,11-14H2,1H3;1H. The van der Waals surface area contributed by atoms with Crippen molar-refractivity contribution in [2.24, 2.45) is 0 Å². The summed E-state index contributed by atoms with van der Waals surface area (Å²) in [6.07, 6.45) is 0. The second-order valence-corrected chi connectivity index (χ2v) is 6.40. The Morgan fingerprint density at radius 2 is 1.93 bits per heavy atom. The number of aromatic nitrogens is 2. The average molecular weight is 387 g/mol. The number of hydrogen-bond donors (Lipinski definition) is 1. The van der Waals surface area contributed by atoms with Crippen LogP contribution in [0.1, 0.15) is 17.8 Å². The van der Waals surface area contributed by atoms with Crippen molar-refractivity contribution in [1.29, 1.82) is 0 Å². The Balaban J connectivity index is 0.00000210. The monoisotopic (exact) mass is 386 g/mol. The number of halogens is 1. The Labute approximate surface area is 164 Å². The first-order valence-electron chi connectivity index (χ1n) is 8.82. The third-order valence-electron chi connectivity index (χ3n) is 4.62. The maximum atomic E-state index is 5.98. The van der Waals surface area contributed by atoms with Gasteiger partial charge in [-0.1, -0.05) is 53.7 Å². The molecular weight excluding hydrogens is 364 g/mol. The Kier molecular flexibility index (Phi) is 6.45. The van der Waals surface area contributed by atoms with Gasteiger partial charge in [0, 0.05) is 25.2 Å². The van der Waals surface area contributed by atoms with Gasteiger partial charge < -0.3 is 14.6 Å². The number of benzene rings is 2. The summed E-state index contributed by atoms with van der Waals surface area (Å²) in [5.74, 6) is 1.99. The minimum absolute atomic E-state index is 0. The van der Waals surface area contributed by atoms with Gasteiger partial charge in [0.15, 0.2) is 12.4 Å². The number of ether oxygens (including phenoxy) is 1. The number of hydrogen-bond acceptors (Lipinski definition) is 6. The zero-order valence-corrected chi connectivity index (χ0v) is 16.0. The van der Waals surface area contributed by atoms with Crippen molar-refractivity contribution in [3.05, 3.63) is 66.3 Å². The minimum atomic E-state index is 0. The average Bonchev–Trinajstić information content (AvgIpc) is 3.16. The number of nitrogens with zero attached hydrogens (tertiary/aromatic N) is 3. The van der Waals surface area contributed by atoms with Gasteiger partial charge in [0.1, 0.15) is 5.75 Å². The van der Waals surface area contributed by atoms with Crippen molar-refractivity contribution in [2.75, 3.05) is 26.7 Å². The quantitative estimate of drug-likeness (QED) is 0.725. The number of piperazine rings is 1. The van der Waals surface area contributed by atoms with Gasteiger partial charge in [-0.25, -0.2) is 0 Å². The molecule has 0 amide bonds. The van der Waals surface area contributed by atoms with Crippen molar-refractivity contribution < 1.29 is 9.26 Å². The summed E-state index contributed by atoms with van der Waals surface area (Å²) in [4.78, 5) is 6.75. The summed E-state index contributed by atoms with van der Waals surface area (Å²) in [6.45, 7) is 3.03. The van der Waals surface area contributed by atoms with E-state index in [4.69, 9.17) is 9.26 Å². The Morgan fingerprint density at radius 1 is 1.15 bits per heavy atom. The van der Waals surface area contributed by atoms with E-state index in [1.54, 1.807) is 0 Å². The van der Waals surface area contributed by atoms with Gasteiger partial charge in [0.25, 0.3) is 5.89 Å². The van der Waals surface area contributed by atoms with Gasteiger partial charge in [-0.05, 0) is 18.7 Å². The van der Waals surface area contributed by atoms with Crippen molar-refractivity contribution in [1.82, 2.24) is 20.4 Å². The van der Waals surface area contributed by atoms with E-state index in [-0.39, 0.29) is 25.1 Å². The Hall–Kier alpha value is -2.41. The number of para-hydroxylation sites is 1. The highest BCUT2D eigenvalue weighted by molar-refractivity contribution is 5.85. The largest absolute Gasteiger partial charge is 0.483 e. The normalized spacial score (nSPS) is 17.3. The van der Waals surface area contributed by atoms with Crippen LogP contribution in [0.4, 0.5) is 0 Å². The highest BCUT2D eigenvalue weighted by atomic mass is 35.5. The van der Waals surface area contributed by atoms with E-state index in [1.165, 1.54) is 0 Å². The van der Waals surface area contributed by atoms with Crippen molar-refractivity contribution >= 4 is 12.4 Å². The van der Waals surface area contributed by atoms with E-state index in [9.17, 15) is 0 Å². The van der Waals surface area contributed by atoms with Crippen LogP contribution < -0.4 is 10.1 Å². The Bertz CT molecular complexity index is 856. The van der Waals surface area contributed by atoms with Crippen LogP contribution in [-0.2, 0) is 6.61 Å². The molecule has 7 heteroatoms.